The Labute approximate surface area is 203 Å². The Morgan fingerprint density at radius 3 is 2.06 bits per heavy atom. The number of nitrogens with zero attached hydrogens (tertiary/aromatic N) is 1. The van der Waals surface area contributed by atoms with Gasteiger partial charge in [-0.05, 0) is 93.8 Å². The van der Waals surface area contributed by atoms with Gasteiger partial charge >= 0.3 is 0 Å². The number of nitrogens with one attached hydrogen (secondary N) is 2. The van der Waals surface area contributed by atoms with E-state index in [-0.39, 0.29) is 17.3 Å². The van der Waals surface area contributed by atoms with Gasteiger partial charge in [0.05, 0.1) is 10.9 Å². The summed E-state index contributed by atoms with van der Waals surface area (Å²) in [6.07, 6.45) is 3.25. The number of carbonyl (C=O) groups excluding carboxylic acids is 2. The summed E-state index contributed by atoms with van der Waals surface area (Å²) in [6, 6.07) is 8.20. The van der Waals surface area contributed by atoms with Crippen LogP contribution in [-0.4, -0.2) is 44.3 Å². The van der Waals surface area contributed by atoms with Crippen molar-refractivity contribution in [1.29, 1.82) is 0 Å². The van der Waals surface area contributed by atoms with E-state index in [1.54, 1.807) is 26.0 Å². The van der Waals surface area contributed by atoms with Crippen LogP contribution >= 0.6 is 0 Å². The summed E-state index contributed by atoms with van der Waals surface area (Å²) < 4.78 is 28.7. The van der Waals surface area contributed by atoms with Gasteiger partial charge in [-0.25, -0.2) is 8.42 Å². The molecule has 184 valence electrons. The smallest absolute Gasteiger partial charge is 0.253 e. The van der Waals surface area contributed by atoms with Gasteiger partial charge in [-0.3, -0.25) is 9.59 Å². The standard InChI is InChI=1S/C26H35N3O4S/c1-17-15-18(2)20(4)24(19(17)3)34(32,33)28-21(5)25(30)27-16-22-9-11-23(12-10-22)26(31)29-13-7-6-8-14-29/h9-12,15,21,28H,6-8,13-14,16H2,1-5H3,(H,27,30)/t21-/m0/s1. The van der Waals surface area contributed by atoms with Crippen LogP contribution in [0.2, 0.25) is 0 Å². The van der Waals surface area contributed by atoms with E-state index >= 15 is 0 Å². The van der Waals surface area contributed by atoms with Crippen molar-refractivity contribution in [2.24, 2.45) is 0 Å². The Morgan fingerprint density at radius 2 is 1.50 bits per heavy atom. The molecule has 0 aliphatic carbocycles. The minimum atomic E-state index is -3.87. The van der Waals surface area contributed by atoms with E-state index in [0.29, 0.717) is 16.7 Å². The molecule has 1 aliphatic rings. The molecule has 1 saturated heterocycles. The zero-order valence-electron chi connectivity index (χ0n) is 20.7. The second-order valence-corrected chi connectivity index (χ2v) is 10.9. The van der Waals surface area contributed by atoms with Crippen molar-refractivity contribution in [3.05, 3.63) is 63.7 Å². The van der Waals surface area contributed by atoms with Crippen molar-refractivity contribution in [3.63, 3.8) is 0 Å². The minimum absolute atomic E-state index is 0.0373. The second-order valence-electron chi connectivity index (χ2n) is 9.20. The third kappa shape index (κ3) is 5.85. The lowest BCUT2D eigenvalue weighted by atomic mass is 10.0. The highest BCUT2D eigenvalue weighted by Gasteiger charge is 2.26. The summed E-state index contributed by atoms with van der Waals surface area (Å²) in [4.78, 5) is 27.3. The van der Waals surface area contributed by atoms with E-state index in [0.717, 1.165) is 42.6 Å². The molecule has 1 fully saturated rings. The number of piperidine rings is 1. The van der Waals surface area contributed by atoms with Crippen LogP contribution in [0.25, 0.3) is 0 Å². The van der Waals surface area contributed by atoms with E-state index < -0.39 is 22.0 Å². The Bertz CT molecular complexity index is 1140. The third-order valence-corrected chi connectivity index (χ3v) is 8.42. The first-order chi connectivity index (χ1) is 16.0. The largest absolute Gasteiger partial charge is 0.351 e. The van der Waals surface area contributed by atoms with Crippen molar-refractivity contribution in [2.45, 2.75) is 71.4 Å². The first-order valence-corrected chi connectivity index (χ1v) is 13.2. The zero-order chi connectivity index (χ0) is 25.0. The Hall–Kier alpha value is -2.71. The van der Waals surface area contributed by atoms with E-state index in [1.807, 2.05) is 36.9 Å². The molecule has 0 bridgehead atoms. The maximum atomic E-state index is 13.1. The van der Waals surface area contributed by atoms with E-state index in [9.17, 15) is 18.0 Å². The average Bonchev–Trinajstić information content (AvgIpc) is 2.81. The van der Waals surface area contributed by atoms with Crippen LogP contribution in [0.3, 0.4) is 0 Å². The van der Waals surface area contributed by atoms with Crippen molar-refractivity contribution in [1.82, 2.24) is 14.9 Å². The number of amides is 2. The number of rotatable bonds is 7. The molecular weight excluding hydrogens is 450 g/mol. The lowest BCUT2D eigenvalue weighted by molar-refractivity contribution is -0.122. The SMILES string of the molecule is Cc1cc(C)c(C)c(S(=O)(=O)N[C@@H](C)C(=O)NCc2ccc(C(=O)N3CCCCC3)cc2)c1C. The minimum Gasteiger partial charge on any atom is -0.351 e. The molecule has 7 nitrogen and oxygen atoms in total. The normalized spacial score (nSPS) is 15.1. The summed E-state index contributed by atoms with van der Waals surface area (Å²) >= 11 is 0. The summed E-state index contributed by atoms with van der Waals surface area (Å²) in [6.45, 7) is 10.7. The number of hydrogen-bond acceptors (Lipinski definition) is 4. The van der Waals surface area contributed by atoms with Gasteiger partial charge in [0, 0.05) is 25.2 Å². The van der Waals surface area contributed by atoms with E-state index in [4.69, 9.17) is 0 Å². The van der Waals surface area contributed by atoms with Crippen molar-refractivity contribution < 1.29 is 18.0 Å². The molecule has 0 aromatic heterocycles. The predicted octanol–water partition coefficient (Wildman–Crippen LogP) is 3.53. The quantitative estimate of drug-likeness (QED) is 0.627. The lowest BCUT2D eigenvalue weighted by Gasteiger charge is -2.26. The van der Waals surface area contributed by atoms with Crippen LogP contribution in [0.5, 0.6) is 0 Å². The summed E-state index contributed by atoms with van der Waals surface area (Å²) in [7, 11) is -3.87. The Kier molecular flexibility index (Phi) is 8.15. The fourth-order valence-electron chi connectivity index (χ4n) is 4.32. The zero-order valence-corrected chi connectivity index (χ0v) is 21.5. The number of hydrogen-bond donors (Lipinski definition) is 2. The van der Waals surface area contributed by atoms with E-state index in [2.05, 4.69) is 10.0 Å². The maximum absolute atomic E-state index is 13.1. The van der Waals surface area contributed by atoms with Crippen molar-refractivity contribution >= 4 is 21.8 Å². The van der Waals surface area contributed by atoms with Gasteiger partial charge in [0.25, 0.3) is 5.91 Å². The van der Waals surface area contributed by atoms with Crippen LogP contribution in [0.15, 0.2) is 35.2 Å². The average molecular weight is 486 g/mol. The number of aryl methyl sites for hydroxylation is 2. The second kappa shape index (κ2) is 10.7. The molecule has 0 unspecified atom stereocenters. The van der Waals surface area contributed by atoms with Crippen LogP contribution < -0.4 is 10.0 Å². The van der Waals surface area contributed by atoms with Gasteiger partial charge in [0.2, 0.25) is 15.9 Å². The third-order valence-electron chi connectivity index (χ3n) is 6.60. The molecule has 8 heteroatoms. The van der Waals surface area contributed by atoms with Crippen LogP contribution in [0.4, 0.5) is 0 Å². The highest BCUT2D eigenvalue weighted by atomic mass is 32.2. The van der Waals surface area contributed by atoms with E-state index in [1.165, 1.54) is 13.3 Å². The molecule has 1 aliphatic heterocycles. The van der Waals surface area contributed by atoms with Crippen LogP contribution in [-0.2, 0) is 21.4 Å². The Balaban J connectivity index is 1.60. The van der Waals surface area contributed by atoms with Crippen LogP contribution in [0, 0.1) is 27.7 Å². The molecule has 1 atom stereocenters. The van der Waals surface area contributed by atoms with Gasteiger partial charge < -0.3 is 10.2 Å². The molecule has 3 rings (SSSR count). The first-order valence-electron chi connectivity index (χ1n) is 11.8. The molecule has 2 aromatic rings. The molecule has 2 N–H and O–H groups in total. The maximum Gasteiger partial charge on any atom is 0.253 e. The van der Waals surface area contributed by atoms with Crippen LogP contribution in [0.1, 0.15) is 64.4 Å². The van der Waals surface area contributed by atoms with Crippen molar-refractivity contribution in [2.75, 3.05) is 13.1 Å². The lowest BCUT2D eigenvalue weighted by Crippen LogP contribution is -2.44. The summed E-state index contributed by atoms with van der Waals surface area (Å²) in [5.41, 5.74) is 4.62. The molecule has 0 spiro atoms. The van der Waals surface area contributed by atoms with Crippen molar-refractivity contribution in [3.8, 4) is 0 Å². The molecule has 0 radical (unpaired) electrons. The number of benzene rings is 2. The summed E-state index contributed by atoms with van der Waals surface area (Å²) in [5, 5.41) is 2.78. The Morgan fingerprint density at radius 1 is 0.941 bits per heavy atom. The molecule has 2 aromatic carbocycles. The van der Waals surface area contributed by atoms with Gasteiger partial charge in [-0.15, -0.1) is 0 Å². The van der Waals surface area contributed by atoms with Gasteiger partial charge in [-0.1, -0.05) is 18.2 Å². The van der Waals surface area contributed by atoms with Gasteiger partial charge in [-0.2, -0.15) is 4.72 Å². The molecule has 1 heterocycles. The number of sulfonamides is 1. The fraction of sp³-hybridized carbons (Fsp3) is 0.462. The predicted molar refractivity (Wildman–Crippen MR) is 133 cm³/mol. The highest BCUT2D eigenvalue weighted by Crippen LogP contribution is 2.26. The topological polar surface area (TPSA) is 95.6 Å². The number of carbonyl (C=O) groups is 2. The van der Waals surface area contributed by atoms with Gasteiger partial charge in [0.15, 0.2) is 0 Å². The monoisotopic (exact) mass is 485 g/mol. The highest BCUT2D eigenvalue weighted by molar-refractivity contribution is 7.89. The molecule has 34 heavy (non-hydrogen) atoms. The number of likely N-dealkylation sites (tertiary alicyclic amines) is 1. The molecular formula is C26H35N3O4S. The van der Waals surface area contributed by atoms with Gasteiger partial charge in [0.1, 0.15) is 0 Å². The summed E-state index contributed by atoms with van der Waals surface area (Å²) in [5.74, 6) is -0.382. The fourth-order valence-corrected chi connectivity index (χ4v) is 6.13. The first kappa shape index (κ1) is 25.9. The molecule has 2 amide bonds. The molecule has 0 saturated carbocycles.